The zero-order valence-electron chi connectivity index (χ0n) is 16.8. The fourth-order valence-corrected chi connectivity index (χ4v) is 1.21. The second kappa shape index (κ2) is 10.5. The molecule has 0 rings (SSSR count). The fourth-order valence-electron chi connectivity index (χ4n) is 1.21. The Morgan fingerprint density at radius 2 is 1.70 bits per heavy atom. The number of nitrogens with one attached hydrogen (secondary N) is 3. The van der Waals surface area contributed by atoms with Gasteiger partial charge in [0.2, 0.25) is 5.91 Å². The highest BCUT2D eigenvalue weighted by Gasteiger charge is 2.15. The monoisotopic (exact) mass is 291 g/mol. The average molecular weight is 291 g/mol. The molecule has 0 aliphatic heterocycles. The number of carbonyl (C=O) groups is 2. The Morgan fingerprint density at radius 1 is 1.05 bits per heavy atom. The number of amides is 2. The third-order valence-electron chi connectivity index (χ3n) is 1.96. The molecule has 0 bridgehead atoms. The van der Waals surface area contributed by atoms with E-state index in [1.165, 1.54) is 6.92 Å². The van der Waals surface area contributed by atoms with Gasteiger partial charge < -0.3 is 20.7 Å². The van der Waals surface area contributed by atoms with Crippen LogP contribution in [0.5, 0.6) is 0 Å². The maximum absolute atomic E-state index is 11.4. The van der Waals surface area contributed by atoms with Crippen molar-refractivity contribution in [2.24, 2.45) is 0 Å². The zero-order valence-corrected chi connectivity index (χ0v) is 12.8. The van der Waals surface area contributed by atoms with Crippen LogP contribution in [0.2, 0.25) is 0 Å². The molecule has 0 aromatic rings. The minimum absolute atomic E-state index is 0.319. The maximum atomic E-state index is 11.4. The van der Waals surface area contributed by atoms with E-state index in [1.54, 1.807) is 20.8 Å². The van der Waals surface area contributed by atoms with Gasteiger partial charge in [0.05, 0.1) is 0 Å². The summed E-state index contributed by atoms with van der Waals surface area (Å²) in [6.45, 7) is 3.16. The Bertz CT molecular complexity index is 426. The van der Waals surface area contributed by atoms with E-state index in [2.05, 4.69) is 16.0 Å². The molecule has 0 saturated carbocycles. The van der Waals surface area contributed by atoms with Crippen molar-refractivity contribution in [3.63, 3.8) is 0 Å². The molecule has 0 aromatic carbocycles. The molecular formula is C14H29N3O3. The summed E-state index contributed by atoms with van der Waals surface area (Å²) in [5.74, 6) is -0.552. The first-order valence-corrected chi connectivity index (χ1v) is 6.73. The van der Waals surface area contributed by atoms with Crippen LogP contribution < -0.4 is 16.0 Å². The van der Waals surface area contributed by atoms with E-state index in [0.29, 0.717) is 25.9 Å². The van der Waals surface area contributed by atoms with Crippen molar-refractivity contribution in [1.29, 1.82) is 0 Å². The predicted octanol–water partition coefficient (Wildman–Crippen LogP) is 1.41. The van der Waals surface area contributed by atoms with Crippen molar-refractivity contribution in [3.8, 4) is 0 Å². The number of ether oxygens (including phenoxy) is 1. The van der Waals surface area contributed by atoms with E-state index in [9.17, 15) is 9.59 Å². The summed E-state index contributed by atoms with van der Waals surface area (Å²) >= 11 is 0. The van der Waals surface area contributed by atoms with Gasteiger partial charge in [-0.1, -0.05) is 0 Å². The van der Waals surface area contributed by atoms with E-state index in [-0.39, 0.29) is 0 Å². The Balaban J connectivity index is 3.94. The molecule has 0 atom stereocenters. The van der Waals surface area contributed by atoms with Crippen LogP contribution in [0.25, 0.3) is 0 Å². The van der Waals surface area contributed by atoms with Gasteiger partial charge in [-0.2, -0.15) is 0 Å². The molecule has 0 heterocycles. The van der Waals surface area contributed by atoms with Gasteiger partial charge in [0.25, 0.3) is 0 Å². The number of carbonyl (C=O) groups excluding carboxylic acids is 2. The Labute approximate surface area is 127 Å². The van der Waals surface area contributed by atoms with Crippen LogP contribution in [0, 0.1) is 0 Å². The van der Waals surface area contributed by atoms with E-state index >= 15 is 0 Å². The summed E-state index contributed by atoms with van der Waals surface area (Å²) < 4.78 is 35.7. The number of hydrogen-bond donors (Lipinski definition) is 3. The van der Waals surface area contributed by atoms with Crippen molar-refractivity contribution < 1.29 is 19.8 Å². The molecule has 3 N–H and O–H groups in total. The average Bonchev–Trinajstić information content (AvgIpc) is 2.27. The number of rotatable bonds is 9. The summed E-state index contributed by atoms with van der Waals surface area (Å²) in [7, 11) is 0. The Morgan fingerprint density at radius 3 is 2.30 bits per heavy atom. The van der Waals surface area contributed by atoms with E-state index in [4.69, 9.17) is 10.2 Å². The van der Waals surface area contributed by atoms with Crippen LogP contribution in [-0.2, 0) is 9.53 Å². The van der Waals surface area contributed by atoms with Gasteiger partial charge in [-0.25, -0.2) is 4.79 Å². The van der Waals surface area contributed by atoms with Crippen molar-refractivity contribution in [2.45, 2.75) is 52.6 Å². The smallest absolute Gasteiger partial charge is 0.407 e. The largest absolute Gasteiger partial charge is 0.444 e. The molecule has 0 unspecified atom stereocenters. The van der Waals surface area contributed by atoms with E-state index in [0.717, 1.165) is 0 Å². The van der Waals surface area contributed by atoms with Gasteiger partial charge in [0, 0.05) is 25.4 Å². The topological polar surface area (TPSA) is 79.5 Å². The molecule has 118 valence electrons. The second-order valence-electron chi connectivity index (χ2n) is 5.27. The number of alkyl carbamates (subject to hydrolysis) is 1. The minimum Gasteiger partial charge on any atom is -0.444 e. The van der Waals surface area contributed by atoms with Crippen molar-refractivity contribution in [3.05, 3.63) is 0 Å². The standard InChI is InChI=1S/C14H29N3O3/c1-12(18)16-11-7-9-15-8-5-6-10-17-13(19)20-14(2,3)4/h15H,5-11H2,1-4H3,(H,16,18)(H,17,19)/i9D2,11D2. The molecular weight excluding hydrogens is 258 g/mol. The van der Waals surface area contributed by atoms with Crippen molar-refractivity contribution in [2.75, 3.05) is 26.1 Å². The summed E-state index contributed by atoms with van der Waals surface area (Å²) in [6.07, 6.45) is 0.226. The Hall–Kier alpha value is -1.30. The molecule has 0 radical (unpaired) electrons. The van der Waals surface area contributed by atoms with Crippen LogP contribution >= 0.6 is 0 Å². The third-order valence-corrected chi connectivity index (χ3v) is 1.96. The molecule has 0 aliphatic rings. The molecule has 0 spiro atoms. The fraction of sp³-hybridized carbons (Fsp3) is 0.857. The van der Waals surface area contributed by atoms with Crippen LogP contribution in [0.1, 0.15) is 52.4 Å². The lowest BCUT2D eigenvalue weighted by atomic mass is 10.2. The lowest BCUT2D eigenvalue weighted by Crippen LogP contribution is -2.33. The van der Waals surface area contributed by atoms with Crippen molar-refractivity contribution in [1.82, 2.24) is 16.0 Å². The summed E-state index contributed by atoms with van der Waals surface area (Å²) in [5, 5.41) is 7.29. The van der Waals surface area contributed by atoms with Gasteiger partial charge in [-0.3, -0.25) is 4.79 Å². The van der Waals surface area contributed by atoms with Gasteiger partial charge in [-0.05, 0) is 53.1 Å². The normalized spacial score (nSPS) is 15.4. The third kappa shape index (κ3) is 14.8. The summed E-state index contributed by atoms with van der Waals surface area (Å²) in [4.78, 5) is 22.3. The molecule has 0 fully saturated rings. The molecule has 0 aliphatic carbocycles. The summed E-state index contributed by atoms with van der Waals surface area (Å²) in [6, 6.07) is 0. The highest BCUT2D eigenvalue weighted by Crippen LogP contribution is 2.06. The molecule has 0 saturated heterocycles. The SMILES string of the molecule is [2H]C([2H])(CC([2H])([2H])NC(C)=O)NCCCCNC(=O)OC(C)(C)C. The van der Waals surface area contributed by atoms with Crippen LogP contribution in [0.15, 0.2) is 0 Å². The highest BCUT2D eigenvalue weighted by molar-refractivity contribution is 5.72. The quantitative estimate of drug-likeness (QED) is 0.561. The van der Waals surface area contributed by atoms with E-state index < -0.39 is 37.0 Å². The van der Waals surface area contributed by atoms with Crippen LogP contribution in [0.4, 0.5) is 4.79 Å². The number of hydrogen-bond acceptors (Lipinski definition) is 4. The molecule has 6 nitrogen and oxygen atoms in total. The lowest BCUT2D eigenvalue weighted by molar-refractivity contribution is -0.118. The highest BCUT2D eigenvalue weighted by atomic mass is 16.6. The van der Waals surface area contributed by atoms with Crippen LogP contribution in [0.3, 0.4) is 0 Å². The Kier molecular flexibility index (Phi) is 6.52. The predicted molar refractivity (Wildman–Crippen MR) is 79.6 cm³/mol. The molecule has 6 heteroatoms. The van der Waals surface area contributed by atoms with Gasteiger partial charge in [0.15, 0.2) is 0 Å². The lowest BCUT2D eigenvalue weighted by Gasteiger charge is -2.19. The van der Waals surface area contributed by atoms with Crippen LogP contribution in [-0.4, -0.2) is 43.7 Å². The first-order chi connectivity index (χ1) is 10.7. The maximum Gasteiger partial charge on any atom is 0.407 e. The second-order valence-corrected chi connectivity index (χ2v) is 5.27. The molecule has 2 amide bonds. The van der Waals surface area contributed by atoms with Gasteiger partial charge >= 0.3 is 6.09 Å². The number of unbranched alkanes of at least 4 members (excludes halogenated alkanes) is 1. The molecule has 0 aromatic heterocycles. The van der Waals surface area contributed by atoms with Crippen molar-refractivity contribution >= 4 is 12.0 Å². The zero-order chi connectivity index (χ0) is 19.0. The molecule has 20 heavy (non-hydrogen) atoms. The van der Waals surface area contributed by atoms with Gasteiger partial charge in [0.1, 0.15) is 5.60 Å². The minimum atomic E-state index is -2.12. The van der Waals surface area contributed by atoms with Gasteiger partial charge in [-0.15, -0.1) is 0 Å². The first-order valence-electron chi connectivity index (χ1n) is 8.73. The summed E-state index contributed by atoms with van der Waals surface area (Å²) in [5.41, 5.74) is -0.547. The first kappa shape index (κ1) is 12.4. The van der Waals surface area contributed by atoms with E-state index in [1.807, 2.05) is 0 Å².